The summed E-state index contributed by atoms with van der Waals surface area (Å²) in [5, 5.41) is 14.3. The predicted molar refractivity (Wildman–Crippen MR) is 93.0 cm³/mol. The number of hydrogen-bond acceptors (Lipinski definition) is 4. The molecule has 120 valence electrons. The molecule has 4 rings (SSSR count). The molecule has 0 saturated heterocycles. The number of phenols is 1. The third-order valence-electron chi connectivity index (χ3n) is 4.50. The van der Waals surface area contributed by atoms with Crippen LogP contribution in [-0.4, -0.2) is 16.0 Å². The molecule has 4 heteroatoms. The fourth-order valence-electron chi connectivity index (χ4n) is 3.25. The van der Waals surface area contributed by atoms with E-state index >= 15 is 0 Å². The molecule has 1 atom stereocenters. The highest BCUT2D eigenvalue weighted by Crippen LogP contribution is 2.37. The van der Waals surface area contributed by atoms with Crippen LogP contribution in [0.3, 0.4) is 0 Å². The van der Waals surface area contributed by atoms with E-state index in [9.17, 15) is 5.11 Å². The molecule has 3 aromatic rings. The average Bonchev–Trinajstić information content (AvgIpc) is 2.84. The second-order valence-electron chi connectivity index (χ2n) is 6.13. The van der Waals surface area contributed by atoms with Crippen LogP contribution in [0.25, 0.3) is 0 Å². The number of aromatic hydroxyl groups is 1. The molecule has 0 fully saturated rings. The van der Waals surface area contributed by atoms with Crippen LogP contribution in [-0.2, 0) is 6.42 Å². The van der Waals surface area contributed by atoms with E-state index in [0.29, 0.717) is 0 Å². The predicted octanol–water partition coefficient (Wildman–Crippen LogP) is 4.54. The first-order chi connectivity index (χ1) is 11.7. The van der Waals surface area contributed by atoms with E-state index in [4.69, 9.17) is 9.52 Å². The van der Waals surface area contributed by atoms with E-state index in [-0.39, 0.29) is 11.7 Å². The van der Waals surface area contributed by atoms with E-state index in [1.165, 1.54) is 5.56 Å². The van der Waals surface area contributed by atoms with Crippen LogP contribution in [0.4, 0.5) is 5.69 Å². The standard InChI is InChI=1S/C20H18N2O2/c1-13-20-19(24-22-13)12-15(14-7-3-2-4-8-14)11-17(21-20)16-9-5-6-10-18(16)23/h2-10,15,23H,11-12H2,1H3/t15-/m1/s1. The Morgan fingerprint density at radius 1 is 1.00 bits per heavy atom. The van der Waals surface area contributed by atoms with E-state index < -0.39 is 0 Å². The van der Waals surface area contributed by atoms with Crippen LogP contribution >= 0.6 is 0 Å². The average molecular weight is 318 g/mol. The SMILES string of the molecule is Cc1noc2c1N=C(c1ccccc1O)C[C@@H](c1ccccc1)C2. The van der Waals surface area contributed by atoms with Crippen molar-refractivity contribution in [3.8, 4) is 5.75 Å². The van der Waals surface area contributed by atoms with Crippen molar-refractivity contribution in [2.24, 2.45) is 4.99 Å². The van der Waals surface area contributed by atoms with Crippen LogP contribution in [0.1, 0.15) is 34.9 Å². The quantitative estimate of drug-likeness (QED) is 0.754. The van der Waals surface area contributed by atoms with Gasteiger partial charge in [0.1, 0.15) is 17.1 Å². The molecule has 0 amide bonds. The third-order valence-corrected chi connectivity index (χ3v) is 4.50. The molecule has 2 heterocycles. The monoisotopic (exact) mass is 318 g/mol. The summed E-state index contributed by atoms with van der Waals surface area (Å²) >= 11 is 0. The zero-order valence-corrected chi connectivity index (χ0v) is 13.4. The second-order valence-corrected chi connectivity index (χ2v) is 6.13. The number of aryl methyl sites for hydroxylation is 1. The van der Waals surface area contributed by atoms with E-state index in [0.717, 1.165) is 41.3 Å². The summed E-state index contributed by atoms with van der Waals surface area (Å²) in [4.78, 5) is 4.81. The van der Waals surface area contributed by atoms with Crippen molar-refractivity contribution in [2.75, 3.05) is 0 Å². The van der Waals surface area contributed by atoms with E-state index in [2.05, 4.69) is 17.3 Å². The number of rotatable bonds is 2. The number of nitrogens with zero attached hydrogens (tertiary/aromatic N) is 2. The molecule has 0 radical (unpaired) electrons. The first-order valence-corrected chi connectivity index (χ1v) is 8.08. The van der Waals surface area contributed by atoms with Crippen molar-refractivity contribution in [1.29, 1.82) is 0 Å². The molecular formula is C20H18N2O2. The molecule has 1 aliphatic heterocycles. The van der Waals surface area contributed by atoms with Gasteiger partial charge >= 0.3 is 0 Å². The molecule has 0 bridgehead atoms. The van der Waals surface area contributed by atoms with Gasteiger partial charge in [-0.05, 0) is 37.0 Å². The molecule has 0 unspecified atom stereocenters. The molecular weight excluding hydrogens is 300 g/mol. The largest absolute Gasteiger partial charge is 0.507 e. The molecule has 0 saturated carbocycles. The Hall–Kier alpha value is -2.88. The van der Waals surface area contributed by atoms with Gasteiger partial charge in [0.15, 0.2) is 5.76 Å². The Kier molecular flexibility index (Phi) is 3.65. The Balaban J connectivity index is 1.84. The van der Waals surface area contributed by atoms with E-state index in [1.54, 1.807) is 6.07 Å². The van der Waals surface area contributed by atoms with Crippen LogP contribution in [0.15, 0.2) is 64.1 Å². The maximum Gasteiger partial charge on any atom is 0.163 e. The van der Waals surface area contributed by atoms with Crippen molar-refractivity contribution in [3.05, 3.63) is 77.2 Å². The summed E-state index contributed by atoms with van der Waals surface area (Å²) in [5.41, 5.74) is 4.46. The lowest BCUT2D eigenvalue weighted by Gasteiger charge is -2.16. The van der Waals surface area contributed by atoms with Crippen molar-refractivity contribution in [2.45, 2.75) is 25.7 Å². The Bertz CT molecular complexity index is 897. The second kappa shape index (κ2) is 5.96. The summed E-state index contributed by atoms with van der Waals surface area (Å²) in [6.07, 6.45) is 1.49. The molecule has 0 spiro atoms. The van der Waals surface area contributed by atoms with Crippen molar-refractivity contribution < 1.29 is 9.63 Å². The molecule has 2 aromatic carbocycles. The Morgan fingerprint density at radius 2 is 1.75 bits per heavy atom. The maximum atomic E-state index is 10.3. The Labute approximate surface area is 140 Å². The summed E-state index contributed by atoms with van der Waals surface area (Å²) in [5.74, 6) is 1.30. The van der Waals surface area contributed by atoms with Gasteiger partial charge in [0.25, 0.3) is 0 Å². The third kappa shape index (κ3) is 2.60. The van der Waals surface area contributed by atoms with Gasteiger partial charge in [0.2, 0.25) is 0 Å². The Morgan fingerprint density at radius 3 is 2.54 bits per heavy atom. The van der Waals surface area contributed by atoms with Gasteiger partial charge in [-0.25, -0.2) is 4.99 Å². The van der Waals surface area contributed by atoms with Crippen molar-refractivity contribution in [1.82, 2.24) is 5.16 Å². The van der Waals surface area contributed by atoms with Crippen LogP contribution in [0.2, 0.25) is 0 Å². The first-order valence-electron chi connectivity index (χ1n) is 8.08. The van der Waals surface area contributed by atoms with E-state index in [1.807, 2.05) is 43.3 Å². The maximum absolute atomic E-state index is 10.3. The number of phenolic OH excluding ortho intramolecular Hbond substituents is 1. The lowest BCUT2D eigenvalue weighted by atomic mass is 9.88. The summed E-state index contributed by atoms with van der Waals surface area (Å²) in [6.45, 7) is 1.90. The van der Waals surface area contributed by atoms with Gasteiger partial charge in [-0.3, -0.25) is 0 Å². The lowest BCUT2D eigenvalue weighted by Crippen LogP contribution is -2.09. The number of para-hydroxylation sites is 1. The normalized spacial score (nSPS) is 17.0. The topological polar surface area (TPSA) is 58.6 Å². The van der Waals surface area contributed by atoms with Crippen molar-refractivity contribution in [3.63, 3.8) is 0 Å². The number of aliphatic imine (C=N–C) groups is 1. The van der Waals surface area contributed by atoms with Gasteiger partial charge in [-0.1, -0.05) is 47.6 Å². The van der Waals surface area contributed by atoms with Crippen LogP contribution < -0.4 is 0 Å². The number of aromatic nitrogens is 1. The van der Waals surface area contributed by atoms with Gasteiger partial charge < -0.3 is 9.63 Å². The fourth-order valence-corrected chi connectivity index (χ4v) is 3.25. The molecule has 24 heavy (non-hydrogen) atoms. The highest BCUT2D eigenvalue weighted by atomic mass is 16.5. The molecule has 0 aliphatic carbocycles. The summed E-state index contributed by atoms with van der Waals surface area (Å²) in [7, 11) is 0. The highest BCUT2D eigenvalue weighted by Gasteiger charge is 2.26. The van der Waals surface area contributed by atoms with Gasteiger partial charge in [0, 0.05) is 12.0 Å². The molecule has 1 N–H and O–H groups in total. The summed E-state index contributed by atoms with van der Waals surface area (Å²) in [6, 6.07) is 17.7. The zero-order valence-electron chi connectivity index (χ0n) is 13.4. The minimum absolute atomic E-state index is 0.234. The number of fused-ring (bicyclic) bond motifs is 1. The molecule has 1 aromatic heterocycles. The smallest absolute Gasteiger partial charge is 0.163 e. The first kappa shape index (κ1) is 14.7. The lowest BCUT2D eigenvalue weighted by molar-refractivity contribution is 0.373. The van der Waals surface area contributed by atoms with Gasteiger partial charge in [0.05, 0.1) is 5.71 Å². The van der Waals surface area contributed by atoms with Gasteiger partial charge in [-0.15, -0.1) is 0 Å². The summed E-state index contributed by atoms with van der Waals surface area (Å²) < 4.78 is 5.51. The molecule has 4 nitrogen and oxygen atoms in total. The van der Waals surface area contributed by atoms with Gasteiger partial charge in [-0.2, -0.15) is 0 Å². The van der Waals surface area contributed by atoms with Crippen LogP contribution in [0.5, 0.6) is 5.75 Å². The minimum Gasteiger partial charge on any atom is -0.507 e. The van der Waals surface area contributed by atoms with Crippen LogP contribution in [0, 0.1) is 6.92 Å². The fraction of sp³-hybridized carbons (Fsp3) is 0.200. The number of hydrogen-bond donors (Lipinski definition) is 1. The zero-order chi connectivity index (χ0) is 16.5. The molecule has 1 aliphatic rings. The number of benzene rings is 2. The highest BCUT2D eigenvalue weighted by molar-refractivity contribution is 6.05. The van der Waals surface area contributed by atoms with Crippen molar-refractivity contribution >= 4 is 11.4 Å². The minimum atomic E-state index is 0.234.